The third-order valence-electron chi connectivity index (χ3n) is 3.31. The minimum Gasteiger partial charge on any atom is -0.497 e. The van der Waals surface area contributed by atoms with Crippen molar-refractivity contribution >= 4 is 18.4 Å². The van der Waals surface area contributed by atoms with Crippen LogP contribution in [-0.4, -0.2) is 35.3 Å². The highest BCUT2D eigenvalue weighted by Crippen LogP contribution is 2.38. The predicted octanol–water partition coefficient (Wildman–Crippen LogP) is 2.72. The number of aromatic amines is 1. The van der Waals surface area contributed by atoms with Crippen LogP contribution in [0.1, 0.15) is 30.1 Å². The van der Waals surface area contributed by atoms with Crippen LogP contribution in [0.4, 0.5) is 0 Å². The van der Waals surface area contributed by atoms with Crippen LogP contribution in [0.25, 0.3) is 0 Å². The summed E-state index contributed by atoms with van der Waals surface area (Å²) >= 11 is 5.21. The van der Waals surface area contributed by atoms with Crippen LogP contribution in [0.15, 0.2) is 23.3 Å². The third kappa shape index (κ3) is 2.97. The highest BCUT2D eigenvalue weighted by Gasteiger charge is 2.29. The van der Waals surface area contributed by atoms with Gasteiger partial charge in [-0.25, -0.2) is 0 Å². The van der Waals surface area contributed by atoms with Crippen molar-refractivity contribution in [2.24, 2.45) is 5.10 Å². The Kier molecular flexibility index (Phi) is 3.74. The fraction of sp³-hybridized carbons (Fsp3) is 0.357. The number of H-pyrrole nitrogens is 1. The van der Waals surface area contributed by atoms with E-state index < -0.39 is 0 Å². The average molecular weight is 304 g/mol. The summed E-state index contributed by atoms with van der Waals surface area (Å²) in [4.78, 5) is 0. The summed E-state index contributed by atoms with van der Waals surface area (Å²) in [7, 11) is 3.24. The van der Waals surface area contributed by atoms with E-state index in [-0.39, 0.29) is 0 Å². The fourth-order valence-corrected chi connectivity index (χ4v) is 2.24. The summed E-state index contributed by atoms with van der Waals surface area (Å²) in [6, 6.07) is 5.58. The topological polar surface area (TPSA) is 64.4 Å². The predicted molar refractivity (Wildman–Crippen MR) is 81.9 cm³/mol. The number of methoxy groups -OCH3 is 2. The van der Waals surface area contributed by atoms with Crippen LogP contribution in [0.2, 0.25) is 0 Å². The number of ether oxygens (including phenoxy) is 2. The Labute approximate surface area is 127 Å². The number of rotatable bonds is 5. The lowest BCUT2D eigenvalue weighted by atomic mass is 10.2. The molecule has 110 valence electrons. The molecular weight excluding hydrogens is 288 g/mol. The second-order valence-corrected chi connectivity index (χ2v) is 5.25. The zero-order chi connectivity index (χ0) is 14.8. The smallest absolute Gasteiger partial charge is 0.216 e. The molecule has 3 rings (SSSR count). The normalized spacial score (nSPS) is 14.6. The molecule has 7 heteroatoms. The average Bonchev–Trinajstić information content (AvgIpc) is 3.28. The number of benzene rings is 1. The Hall–Kier alpha value is -2.15. The molecule has 1 aromatic heterocycles. The van der Waals surface area contributed by atoms with E-state index in [0.29, 0.717) is 22.2 Å². The molecule has 1 fully saturated rings. The van der Waals surface area contributed by atoms with E-state index in [1.54, 1.807) is 25.1 Å². The summed E-state index contributed by atoms with van der Waals surface area (Å²) in [5.74, 6) is 2.80. The molecule has 1 heterocycles. The van der Waals surface area contributed by atoms with Crippen molar-refractivity contribution in [3.63, 3.8) is 0 Å². The molecule has 0 unspecified atom stereocenters. The molecule has 0 aliphatic heterocycles. The monoisotopic (exact) mass is 304 g/mol. The summed E-state index contributed by atoms with van der Waals surface area (Å²) in [5, 5.41) is 11.5. The summed E-state index contributed by atoms with van der Waals surface area (Å²) in [5.41, 5.74) is 0.871. The standard InChI is InChI=1S/C14H16N4O2S/c1-19-11-5-9(6-12(7-11)20-2)8-15-18-13(10-3-4-10)16-17-14(18)21/h5-8,10H,3-4H2,1-2H3,(H,17,21)/b15-8-. The minimum atomic E-state index is 0.468. The zero-order valence-corrected chi connectivity index (χ0v) is 12.7. The van der Waals surface area contributed by atoms with Crippen molar-refractivity contribution < 1.29 is 9.47 Å². The molecule has 1 aromatic carbocycles. The maximum Gasteiger partial charge on any atom is 0.216 e. The van der Waals surface area contributed by atoms with Crippen molar-refractivity contribution in [1.29, 1.82) is 0 Å². The largest absolute Gasteiger partial charge is 0.497 e. The van der Waals surface area contributed by atoms with Crippen molar-refractivity contribution in [2.45, 2.75) is 18.8 Å². The van der Waals surface area contributed by atoms with E-state index in [0.717, 1.165) is 24.2 Å². The van der Waals surface area contributed by atoms with Gasteiger partial charge in [-0.3, -0.25) is 5.10 Å². The molecule has 1 saturated carbocycles. The molecular formula is C14H16N4O2S. The quantitative estimate of drug-likeness (QED) is 0.681. The molecule has 2 aromatic rings. The first-order valence-corrected chi connectivity index (χ1v) is 7.07. The third-order valence-corrected chi connectivity index (χ3v) is 3.58. The van der Waals surface area contributed by atoms with E-state index >= 15 is 0 Å². The molecule has 0 amide bonds. The van der Waals surface area contributed by atoms with Crippen molar-refractivity contribution in [3.05, 3.63) is 34.4 Å². The lowest BCUT2D eigenvalue weighted by molar-refractivity contribution is 0.394. The first-order valence-electron chi connectivity index (χ1n) is 6.66. The zero-order valence-electron chi connectivity index (χ0n) is 11.9. The summed E-state index contributed by atoms with van der Waals surface area (Å²) < 4.78 is 12.7. The van der Waals surface area contributed by atoms with Gasteiger partial charge in [-0.05, 0) is 37.2 Å². The van der Waals surface area contributed by atoms with E-state index in [4.69, 9.17) is 21.7 Å². The second kappa shape index (κ2) is 5.69. The van der Waals surface area contributed by atoms with Crippen molar-refractivity contribution in [2.75, 3.05) is 14.2 Å². The minimum absolute atomic E-state index is 0.468. The number of nitrogens with zero attached hydrogens (tertiary/aromatic N) is 3. The summed E-state index contributed by atoms with van der Waals surface area (Å²) in [6.07, 6.45) is 4.01. The van der Waals surface area contributed by atoms with E-state index in [9.17, 15) is 0 Å². The van der Waals surface area contributed by atoms with Gasteiger partial charge >= 0.3 is 0 Å². The highest BCUT2D eigenvalue weighted by molar-refractivity contribution is 7.71. The first kappa shape index (κ1) is 13.8. The van der Waals surface area contributed by atoms with Gasteiger partial charge in [0.05, 0.1) is 20.4 Å². The molecule has 0 saturated heterocycles. The van der Waals surface area contributed by atoms with Crippen molar-refractivity contribution in [1.82, 2.24) is 14.9 Å². The van der Waals surface area contributed by atoms with Gasteiger partial charge in [-0.15, -0.1) is 0 Å². The molecule has 1 aliphatic carbocycles. The van der Waals surface area contributed by atoms with Crippen LogP contribution in [0, 0.1) is 4.77 Å². The van der Waals surface area contributed by atoms with Gasteiger partial charge < -0.3 is 9.47 Å². The van der Waals surface area contributed by atoms with Gasteiger partial charge in [0, 0.05) is 17.5 Å². The van der Waals surface area contributed by atoms with Crippen LogP contribution in [-0.2, 0) is 0 Å². The first-order chi connectivity index (χ1) is 10.2. The van der Waals surface area contributed by atoms with Gasteiger partial charge in [0.1, 0.15) is 11.5 Å². The molecule has 6 nitrogen and oxygen atoms in total. The molecule has 1 aliphatic rings. The van der Waals surface area contributed by atoms with Gasteiger partial charge in [0.2, 0.25) is 4.77 Å². The van der Waals surface area contributed by atoms with E-state index in [2.05, 4.69) is 15.3 Å². The number of aromatic nitrogens is 3. The maximum atomic E-state index is 5.24. The van der Waals surface area contributed by atoms with Gasteiger partial charge in [-0.2, -0.15) is 14.9 Å². The van der Waals surface area contributed by atoms with Crippen LogP contribution in [0.3, 0.4) is 0 Å². The molecule has 0 radical (unpaired) electrons. The van der Waals surface area contributed by atoms with Crippen LogP contribution < -0.4 is 9.47 Å². The highest BCUT2D eigenvalue weighted by atomic mass is 32.1. The molecule has 0 atom stereocenters. The fourth-order valence-electron chi connectivity index (χ4n) is 2.05. The summed E-state index contributed by atoms with van der Waals surface area (Å²) in [6.45, 7) is 0. The molecule has 0 bridgehead atoms. The molecule has 1 N–H and O–H groups in total. The lowest BCUT2D eigenvalue weighted by Gasteiger charge is -2.05. The van der Waals surface area contributed by atoms with Crippen LogP contribution >= 0.6 is 12.2 Å². The Morgan fingerprint density at radius 1 is 1.29 bits per heavy atom. The Morgan fingerprint density at radius 2 is 1.95 bits per heavy atom. The van der Waals surface area contributed by atoms with E-state index in [1.807, 2.05) is 18.2 Å². The Balaban J connectivity index is 1.92. The SMILES string of the molecule is COc1cc(/C=N\n2c(C3CC3)n[nH]c2=S)cc(OC)c1. The number of hydrogen-bond donors (Lipinski definition) is 1. The Bertz CT molecular complexity index is 709. The van der Waals surface area contributed by atoms with Gasteiger partial charge in [0.15, 0.2) is 5.82 Å². The van der Waals surface area contributed by atoms with Gasteiger partial charge in [-0.1, -0.05) is 0 Å². The number of nitrogens with one attached hydrogen (secondary N) is 1. The second-order valence-electron chi connectivity index (χ2n) is 4.86. The number of hydrogen-bond acceptors (Lipinski definition) is 5. The van der Waals surface area contributed by atoms with Crippen molar-refractivity contribution in [3.8, 4) is 11.5 Å². The molecule has 21 heavy (non-hydrogen) atoms. The Morgan fingerprint density at radius 3 is 2.52 bits per heavy atom. The van der Waals surface area contributed by atoms with E-state index in [1.165, 1.54) is 0 Å². The maximum absolute atomic E-state index is 5.24. The lowest BCUT2D eigenvalue weighted by Crippen LogP contribution is -1.98. The van der Waals surface area contributed by atoms with Gasteiger partial charge in [0.25, 0.3) is 0 Å². The molecule has 0 spiro atoms. The van der Waals surface area contributed by atoms with Crippen LogP contribution in [0.5, 0.6) is 11.5 Å².